The van der Waals surface area contributed by atoms with Gasteiger partial charge in [0.25, 0.3) is 0 Å². The third kappa shape index (κ3) is 3.58. The lowest BCUT2D eigenvalue weighted by Gasteiger charge is -2.47. The van der Waals surface area contributed by atoms with Crippen molar-refractivity contribution < 1.29 is 28.5 Å². The zero-order valence-electron chi connectivity index (χ0n) is 20.5. The molecule has 1 unspecified atom stereocenters. The second kappa shape index (κ2) is 8.66. The van der Waals surface area contributed by atoms with E-state index in [4.69, 9.17) is 18.9 Å². The van der Waals surface area contributed by atoms with Gasteiger partial charge in [0.15, 0.2) is 0 Å². The molecule has 0 saturated carbocycles. The monoisotopic (exact) mass is 490 g/mol. The molecule has 8 nitrogen and oxygen atoms in total. The number of cyclic esters (lactones) is 2. The van der Waals surface area contributed by atoms with Crippen LogP contribution in [0.25, 0.3) is 0 Å². The molecule has 2 aromatic carbocycles. The van der Waals surface area contributed by atoms with Crippen molar-refractivity contribution in [3.8, 4) is 0 Å². The summed E-state index contributed by atoms with van der Waals surface area (Å²) in [5.41, 5.74) is 8.19. The first-order chi connectivity index (χ1) is 17.6. The number of rotatable bonds is 3. The number of piperazine rings is 1. The minimum atomic E-state index is -0.226. The molecule has 0 amide bonds. The van der Waals surface area contributed by atoms with Crippen LogP contribution >= 0.6 is 0 Å². The standard InChI is InChI=1S/C28H30N2O6/c1-16-18(2-4-21-23(16)14-35-27(21)31)26-12-30-8-7-29(10-17(30)13-34-26)11-25-20-3-5-22-24(15-36-28(22)32)19(20)6-9-33-25/h2-5,17,25-26H,6-15H2,1H3/t17-,25?,26-/m0/s1. The molecule has 188 valence electrons. The Labute approximate surface area is 210 Å². The van der Waals surface area contributed by atoms with Crippen LogP contribution in [0, 0.1) is 6.92 Å². The number of hydrogen-bond donors (Lipinski definition) is 0. The maximum atomic E-state index is 12.0. The van der Waals surface area contributed by atoms with E-state index in [0.29, 0.717) is 38.0 Å². The first kappa shape index (κ1) is 22.4. The Morgan fingerprint density at radius 3 is 2.44 bits per heavy atom. The van der Waals surface area contributed by atoms with Gasteiger partial charge >= 0.3 is 11.9 Å². The number of ether oxygens (including phenoxy) is 4. The van der Waals surface area contributed by atoms with Gasteiger partial charge < -0.3 is 18.9 Å². The number of esters is 2. The second-order valence-electron chi connectivity index (χ2n) is 10.5. The fourth-order valence-electron chi connectivity index (χ4n) is 6.58. The van der Waals surface area contributed by atoms with E-state index in [1.165, 1.54) is 11.1 Å². The van der Waals surface area contributed by atoms with Crippen molar-refractivity contribution >= 4 is 11.9 Å². The van der Waals surface area contributed by atoms with Gasteiger partial charge in [-0.1, -0.05) is 12.1 Å². The highest BCUT2D eigenvalue weighted by Gasteiger charge is 2.37. The van der Waals surface area contributed by atoms with Gasteiger partial charge in [-0.25, -0.2) is 9.59 Å². The molecular weight excluding hydrogens is 460 g/mol. The molecule has 0 aliphatic carbocycles. The summed E-state index contributed by atoms with van der Waals surface area (Å²) in [5, 5.41) is 0. The fourth-order valence-corrected chi connectivity index (χ4v) is 6.58. The number of carbonyl (C=O) groups is 2. The van der Waals surface area contributed by atoms with Gasteiger partial charge in [0.1, 0.15) is 13.2 Å². The highest BCUT2D eigenvalue weighted by Crippen LogP contribution is 2.36. The molecule has 3 atom stereocenters. The SMILES string of the molecule is Cc1c([C@@H]2CN3CCN(CC4OCCc5c4ccc4c5COC4=O)C[C@H]3CO2)ccc2c1COC2=O. The Bertz CT molecular complexity index is 1260. The van der Waals surface area contributed by atoms with Crippen molar-refractivity contribution in [1.29, 1.82) is 0 Å². The first-order valence-electron chi connectivity index (χ1n) is 12.9. The van der Waals surface area contributed by atoms with Crippen LogP contribution in [0.2, 0.25) is 0 Å². The number of morpholine rings is 1. The molecule has 0 N–H and O–H groups in total. The summed E-state index contributed by atoms with van der Waals surface area (Å²) in [6.07, 6.45) is 0.853. The summed E-state index contributed by atoms with van der Waals surface area (Å²) in [5.74, 6) is -0.435. The van der Waals surface area contributed by atoms with Gasteiger partial charge in [0, 0.05) is 49.9 Å². The minimum absolute atomic E-state index is 0.00869. The Morgan fingerprint density at radius 2 is 1.61 bits per heavy atom. The maximum Gasteiger partial charge on any atom is 0.338 e. The molecular formula is C28H30N2O6. The Kier molecular flexibility index (Phi) is 5.39. The summed E-state index contributed by atoms with van der Waals surface area (Å²) in [6, 6.07) is 8.24. The van der Waals surface area contributed by atoms with E-state index in [-0.39, 0.29) is 24.1 Å². The van der Waals surface area contributed by atoms with Gasteiger partial charge in [-0.2, -0.15) is 0 Å². The van der Waals surface area contributed by atoms with Crippen LogP contribution in [0.4, 0.5) is 0 Å². The van der Waals surface area contributed by atoms with E-state index in [1.807, 2.05) is 18.2 Å². The van der Waals surface area contributed by atoms with E-state index in [0.717, 1.165) is 67.0 Å². The zero-order chi connectivity index (χ0) is 24.4. The van der Waals surface area contributed by atoms with Crippen molar-refractivity contribution in [2.45, 2.75) is 44.8 Å². The predicted octanol–water partition coefficient (Wildman–Crippen LogP) is 2.71. The number of fused-ring (bicyclic) bond motifs is 5. The normalized spacial score (nSPS) is 27.6. The van der Waals surface area contributed by atoms with Gasteiger partial charge in [-0.3, -0.25) is 9.80 Å². The van der Waals surface area contributed by atoms with Gasteiger partial charge in [-0.05, 0) is 47.7 Å². The highest BCUT2D eigenvalue weighted by atomic mass is 16.5. The van der Waals surface area contributed by atoms with Crippen LogP contribution in [0.5, 0.6) is 0 Å². The van der Waals surface area contributed by atoms with Crippen LogP contribution in [0.1, 0.15) is 66.3 Å². The lowest BCUT2D eigenvalue weighted by molar-refractivity contribution is -0.0968. The summed E-state index contributed by atoms with van der Waals surface area (Å²) < 4.78 is 23.1. The predicted molar refractivity (Wildman–Crippen MR) is 129 cm³/mol. The average Bonchev–Trinajstić information content (AvgIpc) is 3.47. The van der Waals surface area contributed by atoms with Crippen molar-refractivity contribution in [1.82, 2.24) is 9.80 Å². The number of carbonyl (C=O) groups excluding carboxylic acids is 2. The fraction of sp³-hybridized carbons (Fsp3) is 0.500. The Morgan fingerprint density at radius 1 is 0.861 bits per heavy atom. The van der Waals surface area contributed by atoms with E-state index in [9.17, 15) is 9.59 Å². The molecule has 36 heavy (non-hydrogen) atoms. The average molecular weight is 491 g/mol. The van der Waals surface area contributed by atoms with Crippen LogP contribution in [0.3, 0.4) is 0 Å². The Balaban J connectivity index is 1.02. The number of nitrogens with zero attached hydrogens (tertiary/aromatic N) is 2. The van der Waals surface area contributed by atoms with E-state index in [1.54, 1.807) is 0 Å². The molecule has 0 aromatic heterocycles. The third-order valence-corrected chi connectivity index (χ3v) is 8.61. The molecule has 5 heterocycles. The quantitative estimate of drug-likeness (QED) is 0.608. The largest absolute Gasteiger partial charge is 0.457 e. The molecule has 5 aliphatic heterocycles. The third-order valence-electron chi connectivity index (χ3n) is 8.61. The topological polar surface area (TPSA) is 77.5 Å². The molecule has 2 fully saturated rings. The summed E-state index contributed by atoms with van der Waals surface area (Å²) in [6.45, 7) is 8.79. The minimum Gasteiger partial charge on any atom is -0.457 e. The van der Waals surface area contributed by atoms with Crippen molar-refractivity contribution in [2.24, 2.45) is 0 Å². The molecule has 7 rings (SSSR count). The zero-order valence-corrected chi connectivity index (χ0v) is 20.5. The van der Waals surface area contributed by atoms with Crippen LogP contribution < -0.4 is 0 Å². The molecule has 0 bridgehead atoms. The summed E-state index contributed by atoms with van der Waals surface area (Å²) in [4.78, 5) is 28.9. The molecule has 2 saturated heterocycles. The molecule has 0 radical (unpaired) electrons. The van der Waals surface area contributed by atoms with E-state index >= 15 is 0 Å². The first-order valence-corrected chi connectivity index (χ1v) is 12.9. The van der Waals surface area contributed by atoms with Gasteiger partial charge in [0.2, 0.25) is 0 Å². The van der Waals surface area contributed by atoms with Crippen molar-refractivity contribution in [3.05, 3.63) is 68.8 Å². The van der Waals surface area contributed by atoms with Crippen LogP contribution in [-0.2, 0) is 38.6 Å². The number of benzene rings is 2. The van der Waals surface area contributed by atoms with Crippen molar-refractivity contribution in [2.75, 3.05) is 45.9 Å². The van der Waals surface area contributed by atoms with Crippen molar-refractivity contribution in [3.63, 3.8) is 0 Å². The van der Waals surface area contributed by atoms with E-state index in [2.05, 4.69) is 22.8 Å². The lowest BCUT2D eigenvalue weighted by atomic mass is 9.90. The van der Waals surface area contributed by atoms with E-state index < -0.39 is 0 Å². The molecule has 0 spiro atoms. The summed E-state index contributed by atoms with van der Waals surface area (Å²) >= 11 is 0. The second-order valence-corrected chi connectivity index (χ2v) is 10.5. The smallest absolute Gasteiger partial charge is 0.338 e. The summed E-state index contributed by atoms with van der Waals surface area (Å²) in [7, 11) is 0. The molecule has 2 aromatic rings. The van der Waals surface area contributed by atoms with Crippen LogP contribution in [0.15, 0.2) is 24.3 Å². The van der Waals surface area contributed by atoms with Crippen LogP contribution in [-0.4, -0.2) is 73.7 Å². The maximum absolute atomic E-state index is 12.0. The lowest BCUT2D eigenvalue weighted by Crippen LogP contribution is -2.59. The Hall–Kier alpha value is -2.78. The number of hydrogen-bond acceptors (Lipinski definition) is 8. The van der Waals surface area contributed by atoms with Gasteiger partial charge in [0.05, 0.1) is 36.5 Å². The highest BCUT2D eigenvalue weighted by molar-refractivity contribution is 5.94. The molecule has 8 heteroatoms. The molecule has 5 aliphatic rings. The van der Waals surface area contributed by atoms with Gasteiger partial charge in [-0.15, -0.1) is 0 Å².